The molecule has 152 valence electrons. The largest absolute Gasteiger partial charge is 0.433 e. The summed E-state index contributed by atoms with van der Waals surface area (Å²) in [5.74, 6) is -0.127. The Morgan fingerprint density at radius 1 is 0.967 bits per heavy atom. The lowest BCUT2D eigenvalue weighted by molar-refractivity contribution is -0.141. The van der Waals surface area contributed by atoms with Crippen LogP contribution in [-0.2, 0) is 6.18 Å². The molecule has 4 aromatic rings. The van der Waals surface area contributed by atoms with Crippen molar-refractivity contribution < 1.29 is 13.2 Å². The Bertz CT molecular complexity index is 1190. The normalized spacial score (nSPS) is 11.6. The van der Waals surface area contributed by atoms with Crippen LogP contribution in [0.25, 0.3) is 17.2 Å². The highest BCUT2D eigenvalue weighted by atomic mass is 32.2. The van der Waals surface area contributed by atoms with Gasteiger partial charge >= 0.3 is 6.18 Å². The van der Waals surface area contributed by atoms with Gasteiger partial charge in [-0.1, -0.05) is 12.1 Å². The molecule has 3 aromatic heterocycles. The van der Waals surface area contributed by atoms with Crippen molar-refractivity contribution in [3.8, 4) is 17.2 Å². The van der Waals surface area contributed by atoms with Gasteiger partial charge in [0.05, 0.1) is 5.69 Å². The lowest BCUT2D eigenvalue weighted by Gasteiger charge is -2.10. The molecule has 1 aromatic carbocycles. The molecular weight excluding hydrogens is 415 g/mol. The van der Waals surface area contributed by atoms with Crippen molar-refractivity contribution in [2.75, 3.05) is 0 Å². The molecule has 0 N–H and O–H groups in total. The van der Waals surface area contributed by atoms with Crippen LogP contribution in [0, 0.1) is 13.8 Å². The molecule has 0 atom stereocenters. The Balaban J connectivity index is 1.75. The van der Waals surface area contributed by atoms with Crippen molar-refractivity contribution in [1.29, 1.82) is 0 Å². The number of benzene rings is 1. The van der Waals surface area contributed by atoms with Gasteiger partial charge in [-0.3, -0.25) is 4.98 Å². The minimum atomic E-state index is -4.64. The summed E-state index contributed by atoms with van der Waals surface area (Å²) in [6.07, 6.45) is -3.17. The van der Waals surface area contributed by atoms with E-state index in [0.29, 0.717) is 5.69 Å². The molecule has 4 rings (SSSR count). The topological polar surface area (TPSA) is 82.3 Å². The summed E-state index contributed by atoms with van der Waals surface area (Å²) in [6.45, 7) is 3.93. The molecule has 0 radical (unpaired) electrons. The quantitative estimate of drug-likeness (QED) is 0.447. The van der Waals surface area contributed by atoms with E-state index in [1.54, 1.807) is 18.2 Å². The van der Waals surface area contributed by atoms with Crippen LogP contribution in [0.4, 0.5) is 13.2 Å². The monoisotopic (exact) mass is 429 g/mol. The first-order valence-electron chi connectivity index (χ1n) is 8.73. The number of pyridine rings is 1. The fourth-order valence-corrected chi connectivity index (χ4v) is 3.38. The van der Waals surface area contributed by atoms with Gasteiger partial charge in [-0.2, -0.15) is 17.9 Å². The summed E-state index contributed by atoms with van der Waals surface area (Å²) in [5, 5.41) is 11.9. The van der Waals surface area contributed by atoms with Crippen molar-refractivity contribution in [2.24, 2.45) is 0 Å². The van der Waals surface area contributed by atoms with Crippen LogP contribution in [-0.4, -0.2) is 35.2 Å². The SMILES string of the molecule is Cc1ccc(-n2nnnc2Sc2cc(C(F)(F)F)nc(-c3ccccn3)n2)cc1C. The van der Waals surface area contributed by atoms with Gasteiger partial charge in [0, 0.05) is 12.3 Å². The van der Waals surface area contributed by atoms with Gasteiger partial charge < -0.3 is 0 Å². The molecule has 0 amide bonds. The number of aryl methyl sites for hydroxylation is 2. The first-order chi connectivity index (χ1) is 14.3. The average Bonchev–Trinajstić information content (AvgIpc) is 3.18. The van der Waals surface area contributed by atoms with E-state index in [0.717, 1.165) is 29.0 Å². The molecule has 30 heavy (non-hydrogen) atoms. The number of halogens is 3. The maximum Gasteiger partial charge on any atom is 0.433 e. The Morgan fingerprint density at radius 3 is 2.50 bits per heavy atom. The zero-order valence-electron chi connectivity index (χ0n) is 15.8. The van der Waals surface area contributed by atoms with Crippen LogP contribution >= 0.6 is 11.8 Å². The fraction of sp³-hybridized carbons (Fsp3) is 0.158. The van der Waals surface area contributed by atoms with Crippen LogP contribution < -0.4 is 0 Å². The first-order valence-corrected chi connectivity index (χ1v) is 9.54. The van der Waals surface area contributed by atoms with Gasteiger partial charge in [0.2, 0.25) is 5.16 Å². The molecule has 0 aliphatic carbocycles. The zero-order chi connectivity index (χ0) is 21.3. The summed E-state index contributed by atoms with van der Waals surface area (Å²) >= 11 is 0.913. The standard InChI is InChI=1S/C19H14F3N7S/c1-11-6-7-13(9-12(11)2)29-18(26-27-28-29)30-16-10-15(19(20,21)22)24-17(25-16)14-5-3-4-8-23-14/h3-10H,1-2H3. The summed E-state index contributed by atoms with van der Waals surface area (Å²) in [4.78, 5) is 11.9. The third kappa shape index (κ3) is 4.15. The second kappa shape index (κ2) is 7.82. The average molecular weight is 429 g/mol. The van der Waals surface area contributed by atoms with Crippen molar-refractivity contribution in [2.45, 2.75) is 30.2 Å². The molecule has 0 unspecified atom stereocenters. The van der Waals surface area contributed by atoms with Crippen LogP contribution in [0.15, 0.2) is 58.8 Å². The van der Waals surface area contributed by atoms with Crippen LogP contribution in [0.1, 0.15) is 16.8 Å². The van der Waals surface area contributed by atoms with E-state index in [1.807, 2.05) is 32.0 Å². The Morgan fingerprint density at radius 2 is 1.80 bits per heavy atom. The van der Waals surface area contributed by atoms with E-state index in [4.69, 9.17) is 0 Å². The molecule has 0 aliphatic rings. The second-order valence-corrected chi connectivity index (χ2v) is 7.36. The number of tetrazole rings is 1. The maximum atomic E-state index is 13.4. The molecule has 7 nitrogen and oxygen atoms in total. The molecule has 3 heterocycles. The van der Waals surface area contributed by atoms with Gasteiger partial charge in [-0.25, -0.2) is 9.97 Å². The minimum absolute atomic E-state index is 0.0536. The van der Waals surface area contributed by atoms with E-state index in [9.17, 15) is 13.2 Å². The lowest BCUT2D eigenvalue weighted by Crippen LogP contribution is -2.10. The smallest absolute Gasteiger partial charge is 0.253 e. The molecular formula is C19H14F3N7S. The van der Waals surface area contributed by atoms with E-state index in [1.165, 1.54) is 10.9 Å². The number of alkyl halides is 3. The molecule has 11 heteroatoms. The summed E-state index contributed by atoms with van der Waals surface area (Å²) < 4.78 is 41.7. The van der Waals surface area contributed by atoms with E-state index >= 15 is 0 Å². The van der Waals surface area contributed by atoms with E-state index < -0.39 is 11.9 Å². The Labute approximate surface area is 173 Å². The number of hydrogen-bond donors (Lipinski definition) is 0. The Hall–Kier alpha value is -3.34. The molecule has 0 fully saturated rings. The number of rotatable bonds is 4. The Kier molecular flexibility index (Phi) is 5.20. The number of aromatic nitrogens is 7. The van der Waals surface area contributed by atoms with Crippen molar-refractivity contribution in [3.05, 3.63) is 65.5 Å². The highest BCUT2D eigenvalue weighted by Crippen LogP contribution is 2.33. The summed E-state index contributed by atoms with van der Waals surface area (Å²) in [7, 11) is 0. The number of nitrogens with zero attached hydrogens (tertiary/aromatic N) is 7. The number of hydrogen-bond acceptors (Lipinski definition) is 7. The van der Waals surface area contributed by atoms with E-state index in [2.05, 4.69) is 30.5 Å². The predicted octanol–water partition coefficient (Wildman–Crippen LogP) is 4.30. The van der Waals surface area contributed by atoms with Gasteiger partial charge in [0.1, 0.15) is 16.4 Å². The molecule has 0 aliphatic heterocycles. The van der Waals surface area contributed by atoms with Gasteiger partial charge in [0.25, 0.3) is 0 Å². The molecule has 0 saturated carbocycles. The predicted molar refractivity (Wildman–Crippen MR) is 103 cm³/mol. The molecule has 0 bridgehead atoms. The van der Waals surface area contributed by atoms with Crippen molar-refractivity contribution in [3.63, 3.8) is 0 Å². The third-order valence-corrected chi connectivity index (χ3v) is 5.11. The van der Waals surface area contributed by atoms with Crippen LogP contribution in [0.2, 0.25) is 0 Å². The lowest BCUT2D eigenvalue weighted by atomic mass is 10.1. The van der Waals surface area contributed by atoms with E-state index in [-0.39, 0.29) is 21.7 Å². The highest BCUT2D eigenvalue weighted by Gasteiger charge is 2.34. The van der Waals surface area contributed by atoms with Crippen LogP contribution in [0.5, 0.6) is 0 Å². The molecule has 0 saturated heterocycles. The van der Waals surface area contributed by atoms with Gasteiger partial charge in [0.15, 0.2) is 5.82 Å². The first kappa shape index (κ1) is 20.0. The third-order valence-electron chi connectivity index (χ3n) is 4.26. The highest BCUT2D eigenvalue weighted by molar-refractivity contribution is 7.99. The molecule has 0 spiro atoms. The van der Waals surface area contributed by atoms with Crippen molar-refractivity contribution >= 4 is 11.8 Å². The second-order valence-electron chi connectivity index (χ2n) is 6.37. The fourth-order valence-electron chi connectivity index (χ4n) is 2.59. The van der Waals surface area contributed by atoms with Crippen LogP contribution in [0.3, 0.4) is 0 Å². The van der Waals surface area contributed by atoms with Gasteiger partial charge in [-0.05, 0) is 71.4 Å². The summed E-state index contributed by atoms with van der Waals surface area (Å²) in [6, 6.07) is 11.4. The minimum Gasteiger partial charge on any atom is -0.253 e. The zero-order valence-corrected chi connectivity index (χ0v) is 16.6. The van der Waals surface area contributed by atoms with Crippen molar-refractivity contribution in [1.82, 2.24) is 35.2 Å². The summed E-state index contributed by atoms with van der Waals surface area (Å²) in [5.41, 5.74) is 2.01. The maximum absolute atomic E-state index is 13.4. The van der Waals surface area contributed by atoms with Gasteiger partial charge in [-0.15, -0.1) is 5.10 Å².